The lowest BCUT2D eigenvalue weighted by molar-refractivity contribution is 0.281. The molecular formula is C15H20N2S. The van der Waals surface area contributed by atoms with Crippen LogP contribution in [0.5, 0.6) is 0 Å². The molecule has 1 fully saturated rings. The molecule has 0 spiro atoms. The molecule has 2 atom stereocenters. The van der Waals surface area contributed by atoms with Crippen molar-refractivity contribution in [3.63, 3.8) is 0 Å². The number of aromatic nitrogens is 1. The van der Waals surface area contributed by atoms with Gasteiger partial charge < -0.3 is 5.32 Å². The first-order valence-electron chi connectivity index (χ1n) is 6.83. The predicted octanol–water partition coefficient (Wildman–Crippen LogP) is 4.53. The van der Waals surface area contributed by atoms with Crippen molar-refractivity contribution in [1.82, 2.24) is 4.37 Å². The second-order valence-corrected chi connectivity index (χ2v) is 6.56. The third-order valence-electron chi connectivity index (χ3n) is 3.90. The number of nitrogens with one attached hydrogen (secondary N) is 1. The van der Waals surface area contributed by atoms with E-state index >= 15 is 0 Å². The van der Waals surface area contributed by atoms with Crippen LogP contribution in [-0.4, -0.2) is 10.4 Å². The number of anilines is 1. The van der Waals surface area contributed by atoms with Crippen molar-refractivity contribution in [2.45, 2.75) is 39.2 Å². The lowest BCUT2D eigenvalue weighted by Gasteiger charge is -2.32. The molecular weight excluding hydrogens is 240 g/mol. The van der Waals surface area contributed by atoms with Crippen LogP contribution in [0.2, 0.25) is 0 Å². The zero-order valence-electron chi connectivity index (χ0n) is 11.0. The van der Waals surface area contributed by atoms with Crippen molar-refractivity contribution in [3.05, 3.63) is 24.3 Å². The zero-order chi connectivity index (χ0) is 12.5. The van der Waals surface area contributed by atoms with Crippen LogP contribution in [0.15, 0.2) is 24.3 Å². The molecule has 1 N–H and O–H groups in total. The van der Waals surface area contributed by atoms with Gasteiger partial charge in [-0.1, -0.05) is 26.0 Å². The first kappa shape index (κ1) is 12.0. The summed E-state index contributed by atoms with van der Waals surface area (Å²) in [6.07, 6.45) is 3.95. The summed E-state index contributed by atoms with van der Waals surface area (Å²) in [6.45, 7) is 4.74. The van der Waals surface area contributed by atoms with E-state index in [9.17, 15) is 0 Å². The monoisotopic (exact) mass is 260 g/mol. The van der Waals surface area contributed by atoms with Gasteiger partial charge in [0.2, 0.25) is 0 Å². The highest BCUT2D eigenvalue weighted by Crippen LogP contribution is 2.34. The Labute approximate surface area is 113 Å². The van der Waals surface area contributed by atoms with Crippen LogP contribution in [0.3, 0.4) is 0 Å². The molecule has 0 saturated heterocycles. The normalized spacial score (nSPS) is 28.4. The van der Waals surface area contributed by atoms with E-state index in [4.69, 9.17) is 0 Å². The van der Waals surface area contributed by atoms with Crippen molar-refractivity contribution >= 4 is 27.4 Å². The Morgan fingerprint density at radius 3 is 2.61 bits per heavy atom. The molecule has 0 bridgehead atoms. The van der Waals surface area contributed by atoms with Gasteiger partial charge in [0.1, 0.15) is 5.00 Å². The van der Waals surface area contributed by atoms with Gasteiger partial charge >= 0.3 is 0 Å². The minimum Gasteiger partial charge on any atom is -0.372 e. The van der Waals surface area contributed by atoms with Crippen molar-refractivity contribution < 1.29 is 0 Å². The maximum absolute atomic E-state index is 4.50. The number of hydrogen-bond acceptors (Lipinski definition) is 3. The minimum atomic E-state index is 0.618. The quantitative estimate of drug-likeness (QED) is 0.858. The van der Waals surface area contributed by atoms with Crippen LogP contribution in [0.25, 0.3) is 10.9 Å². The molecule has 1 heterocycles. The molecule has 2 unspecified atom stereocenters. The Morgan fingerprint density at radius 2 is 1.83 bits per heavy atom. The molecule has 2 nitrogen and oxygen atoms in total. The fraction of sp³-hybridized carbons (Fsp3) is 0.533. The maximum atomic E-state index is 4.50. The fourth-order valence-electron chi connectivity index (χ4n) is 3.24. The maximum Gasteiger partial charge on any atom is 0.117 e. The molecule has 2 aromatic rings. The smallest absolute Gasteiger partial charge is 0.117 e. The highest BCUT2D eigenvalue weighted by molar-refractivity contribution is 7.11. The molecule has 0 radical (unpaired) electrons. The molecule has 1 saturated carbocycles. The second kappa shape index (κ2) is 4.88. The number of nitrogens with zero attached hydrogens (tertiary/aromatic N) is 1. The topological polar surface area (TPSA) is 24.9 Å². The highest BCUT2D eigenvalue weighted by atomic mass is 32.1. The first-order chi connectivity index (χ1) is 8.72. The third-order valence-corrected chi connectivity index (χ3v) is 4.71. The largest absolute Gasteiger partial charge is 0.372 e. The SMILES string of the molecule is CC1CC(C)CC(Nc2snc3ccccc23)C1. The lowest BCUT2D eigenvalue weighted by Crippen LogP contribution is -2.29. The molecule has 1 aliphatic carbocycles. The van der Waals surface area contributed by atoms with Crippen molar-refractivity contribution in [2.24, 2.45) is 11.8 Å². The average Bonchev–Trinajstić information content (AvgIpc) is 2.72. The Hall–Kier alpha value is -1.09. The van der Waals surface area contributed by atoms with Crippen LogP contribution < -0.4 is 5.32 Å². The molecule has 1 aliphatic rings. The lowest BCUT2D eigenvalue weighted by atomic mass is 9.80. The fourth-order valence-corrected chi connectivity index (χ4v) is 4.08. The standard InChI is InChI=1S/C15H20N2S/c1-10-7-11(2)9-12(8-10)16-15-13-5-3-4-6-14(13)17-18-15/h3-6,10-12,16H,7-9H2,1-2H3. The van der Waals surface area contributed by atoms with Crippen molar-refractivity contribution in [3.8, 4) is 0 Å². The molecule has 3 rings (SSSR count). The van der Waals surface area contributed by atoms with Crippen LogP contribution in [0, 0.1) is 11.8 Å². The Balaban J connectivity index is 1.79. The molecule has 0 amide bonds. The van der Waals surface area contributed by atoms with Gasteiger partial charge in [-0.2, -0.15) is 4.37 Å². The van der Waals surface area contributed by atoms with Crippen LogP contribution >= 0.6 is 11.5 Å². The van der Waals surface area contributed by atoms with E-state index in [1.165, 1.54) is 29.6 Å². The summed E-state index contributed by atoms with van der Waals surface area (Å²) in [6, 6.07) is 9.01. The van der Waals surface area contributed by atoms with Crippen LogP contribution in [0.1, 0.15) is 33.1 Å². The molecule has 0 aliphatic heterocycles. The van der Waals surface area contributed by atoms with Gasteiger partial charge in [-0.05, 0) is 54.8 Å². The third kappa shape index (κ3) is 2.37. The molecule has 96 valence electrons. The van der Waals surface area contributed by atoms with Gasteiger partial charge in [0.15, 0.2) is 0 Å². The molecule has 18 heavy (non-hydrogen) atoms. The summed E-state index contributed by atoms with van der Waals surface area (Å²) < 4.78 is 4.50. The Bertz CT molecular complexity index is 524. The van der Waals surface area contributed by atoms with E-state index in [2.05, 4.69) is 47.8 Å². The van der Waals surface area contributed by atoms with E-state index < -0.39 is 0 Å². The summed E-state index contributed by atoms with van der Waals surface area (Å²) in [7, 11) is 0. The summed E-state index contributed by atoms with van der Waals surface area (Å²) in [5.74, 6) is 1.68. The van der Waals surface area contributed by atoms with E-state index in [0.717, 1.165) is 17.4 Å². The highest BCUT2D eigenvalue weighted by Gasteiger charge is 2.24. The van der Waals surface area contributed by atoms with E-state index in [-0.39, 0.29) is 0 Å². The first-order valence-corrected chi connectivity index (χ1v) is 7.60. The van der Waals surface area contributed by atoms with Gasteiger partial charge in [0.25, 0.3) is 0 Å². The van der Waals surface area contributed by atoms with Crippen molar-refractivity contribution in [1.29, 1.82) is 0 Å². The van der Waals surface area contributed by atoms with Crippen molar-refractivity contribution in [2.75, 3.05) is 5.32 Å². The van der Waals surface area contributed by atoms with Crippen LogP contribution in [0.4, 0.5) is 5.00 Å². The zero-order valence-corrected chi connectivity index (χ0v) is 11.8. The summed E-state index contributed by atoms with van der Waals surface area (Å²) in [5, 5.41) is 6.24. The molecule has 1 aromatic carbocycles. The second-order valence-electron chi connectivity index (χ2n) is 5.79. The molecule has 1 aromatic heterocycles. The summed E-state index contributed by atoms with van der Waals surface area (Å²) >= 11 is 1.60. The van der Waals surface area contributed by atoms with E-state index in [1.807, 2.05) is 0 Å². The molecule has 3 heteroatoms. The van der Waals surface area contributed by atoms with E-state index in [0.29, 0.717) is 6.04 Å². The van der Waals surface area contributed by atoms with E-state index in [1.54, 1.807) is 11.5 Å². The summed E-state index contributed by atoms with van der Waals surface area (Å²) in [5.41, 5.74) is 1.11. The number of fused-ring (bicyclic) bond motifs is 1. The average molecular weight is 260 g/mol. The van der Waals surface area contributed by atoms with Gasteiger partial charge in [-0.25, -0.2) is 0 Å². The van der Waals surface area contributed by atoms with Gasteiger partial charge in [-0.3, -0.25) is 0 Å². The Kier molecular flexibility index (Phi) is 3.25. The number of rotatable bonds is 2. The number of hydrogen-bond donors (Lipinski definition) is 1. The minimum absolute atomic E-state index is 0.618. The van der Waals surface area contributed by atoms with Gasteiger partial charge in [-0.15, -0.1) is 0 Å². The van der Waals surface area contributed by atoms with Gasteiger partial charge in [0, 0.05) is 11.4 Å². The van der Waals surface area contributed by atoms with Crippen LogP contribution in [-0.2, 0) is 0 Å². The van der Waals surface area contributed by atoms with Gasteiger partial charge in [0.05, 0.1) is 5.52 Å². The predicted molar refractivity (Wildman–Crippen MR) is 79.2 cm³/mol. The summed E-state index contributed by atoms with van der Waals surface area (Å²) in [4.78, 5) is 0. The Morgan fingerprint density at radius 1 is 1.11 bits per heavy atom. The number of benzene rings is 1.